The van der Waals surface area contributed by atoms with E-state index >= 15 is 0 Å². The molecule has 3 rings (SSSR count). The van der Waals surface area contributed by atoms with Gasteiger partial charge in [0.25, 0.3) is 5.89 Å². The molecule has 2 aromatic rings. The van der Waals surface area contributed by atoms with Gasteiger partial charge in [-0.3, -0.25) is 0 Å². The van der Waals surface area contributed by atoms with Crippen molar-refractivity contribution in [3.05, 3.63) is 29.4 Å². The predicted octanol–water partition coefficient (Wildman–Crippen LogP) is 2.76. The minimum atomic E-state index is -0.304. The fourth-order valence-corrected chi connectivity index (χ4v) is 2.70. The molecule has 0 saturated carbocycles. The Labute approximate surface area is 139 Å². The third-order valence-corrected chi connectivity index (χ3v) is 4.08. The lowest BCUT2D eigenvalue weighted by Gasteiger charge is -2.28. The maximum Gasteiger partial charge on any atom is 0.268 e. The SMILES string of the molecule is CC(C)c1noc(C(Oc2cnc(Cl)nc2)C2CCNCC2)n1. The van der Waals surface area contributed by atoms with Gasteiger partial charge in [-0.1, -0.05) is 19.0 Å². The highest BCUT2D eigenvalue weighted by atomic mass is 35.5. The minimum absolute atomic E-state index is 0.190. The van der Waals surface area contributed by atoms with Crippen molar-refractivity contribution in [2.75, 3.05) is 13.1 Å². The highest BCUT2D eigenvalue weighted by Crippen LogP contribution is 2.33. The first-order chi connectivity index (χ1) is 11.1. The van der Waals surface area contributed by atoms with Crippen LogP contribution in [0.2, 0.25) is 5.28 Å². The van der Waals surface area contributed by atoms with Crippen LogP contribution in [-0.4, -0.2) is 33.2 Å². The summed E-state index contributed by atoms with van der Waals surface area (Å²) in [7, 11) is 0. The van der Waals surface area contributed by atoms with Crippen molar-refractivity contribution in [1.29, 1.82) is 0 Å². The van der Waals surface area contributed by atoms with Crippen LogP contribution in [0.4, 0.5) is 0 Å². The standard InChI is InChI=1S/C15H20ClN5O2/c1-9(2)13-20-14(23-21-13)12(10-3-5-17-6-4-10)22-11-7-18-15(16)19-8-11/h7-10,12,17H,3-6H2,1-2H3. The van der Waals surface area contributed by atoms with Crippen molar-refractivity contribution in [2.45, 2.75) is 38.7 Å². The second kappa shape index (κ2) is 7.23. The third kappa shape index (κ3) is 3.97. The van der Waals surface area contributed by atoms with Crippen molar-refractivity contribution < 1.29 is 9.26 Å². The van der Waals surface area contributed by atoms with Crippen LogP contribution in [0.5, 0.6) is 5.75 Å². The Kier molecular flexibility index (Phi) is 5.07. The number of rotatable bonds is 5. The van der Waals surface area contributed by atoms with Gasteiger partial charge >= 0.3 is 0 Å². The Morgan fingerprint density at radius 1 is 1.26 bits per heavy atom. The van der Waals surface area contributed by atoms with Crippen molar-refractivity contribution in [2.24, 2.45) is 5.92 Å². The van der Waals surface area contributed by atoms with Gasteiger partial charge in [0.1, 0.15) is 0 Å². The van der Waals surface area contributed by atoms with Crippen molar-refractivity contribution in [1.82, 2.24) is 25.4 Å². The van der Waals surface area contributed by atoms with E-state index in [1.54, 1.807) is 12.4 Å². The first-order valence-electron chi connectivity index (χ1n) is 7.82. The number of nitrogens with zero attached hydrogens (tertiary/aromatic N) is 4. The molecule has 3 heterocycles. The molecule has 1 atom stereocenters. The summed E-state index contributed by atoms with van der Waals surface area (Å²) in [4.78, 5) is 12.4. The van der Waals surface area contributed by atoms with E-state index < -0.39 is 0 Å². The van der Waals surface area contributed by atoms with Crippen molar-refractivity contribution >= 4 is 11.6 Å². The Bertz CT molecular complexity index is 625. The fourth-order valence-electron chi connectivity index (χ4n) is 2.60. The largest absolute Gasteiger partial charge is 0.477 e. The molecule has 1 fully saturated rings. The maximum absolute atomic E-state index is 6.08. The van der Waals surface area contributed by atoms with Crippen LogP contribution in [0.25, 0.3) is 0 Å². The van der Waals surface area contributed by atoms with Crippen LogP contribution in [-0.2, 0) is 0 Å². The van der Waals surface area contributed by atoms with Crippen LogP contribution in [0.1, 0.15) is 50.4 Å². The van der Waals surface area contributed by atoms with E-state index in [1.807, 2.05) is 13.8 Å². The first-order valence-corrected chi connectivity index (χ1v) is 8.19. The number of piperidine rings is 1. The lowest BCUT2D eigenvalue weighted by atomic mass is 9.92. The van der Waals surface area contributed by atoms with Gasteiger partial charge < -0.3 is 14.6 Å². The van der Waals surface area contributed by atoms with Gasteiger partial charge in [0.2, 0.25) is 5.28 Å². The number of hydrogen-bond acceptors (Lipinski definition) is 7. The van der Waals surface area contributed by atoms with Gasteiger partial charge in [0, 0.05) is 11.8 Å². The molecule has 0 radical (unpaired) electrons. The Balaban J connectivity index is 1.84. The summed E-state index contributed by atoms with van der Waals surface area (Å²) in [6.07, 6.45) is 4.78. The lowest BCUT2D eigenvalue weighted by molar-refractivity contribution is 0.0800. The summed E-state index contributed by atoms with van der Waals surface area (Å²) >= 11 is 5.73. The molecule has 1 aliphatic heterocycles. The van der Waals surface area contributed by atoms with Gasteiger partial charge in [-0.25, -0.2) is 9.97 Å². The van der Waals surface area contributed by atoms with Crippen LogP contribution in [0.15, 0.2) is 16.9 Å². The molecule has 8 heteroatoms. The van der Waals surface area contributed by atoms with Crippen LogP contribution in [0.3, 0.4) is 0 Å². The smallest absolute Gasteiger partial charge is 0.268 e. The van der Waals surface area contributed by atoms with Crippen LogP contribution < -0.4 is 10.1 Å². The maximum atomic E-state index is 6.08. The average molecular weight is 338 g/mol. The second-order valence-electron chi connectivity index (χ2n) is 5.96. The molecule has 7 nitrogen and oxygen atoms in total. The first kappa shape index (κ1) is 16.1. The molecule has 0 aliphatic carbocycles. The summed E-state index contributed by atoms with van der Waals surface area (Å²) in [5, 5.41) is 7.59. The zero-order valence-corrected chi connectivity index (χ0v) is 14.0. The van der Waals surface area contributed by atoms with E-state index in [9.17, 15) is 0 Å². The summed E-state index contributed by atoms with van der Waals surface area (Å²) in [6, 6.07) is 0. The number of ether oxygens (including phenoxy) is 1. The molecule has 0 spiro atoms. The van der Waals surface area contributed by atoms with E-state index in [1.165, 1.54) is 0 Å². The fraction of sp³-hybridized carbons (Fsp3) is 0.600. The van der Waals surface area contributed by atoms with Gasteiger partial charge in [-0.05, 0) is 37.5 Å². The topological polar surface area (TPSA) is 86.0 Å². The molecule has 0 aromatic carbocycles. The highest BCUT2D eigenvalue weighted by Gasteiger charge is 2.32. The van der Waals surface area contributed by atoms with E-state index in [-0.39, 0.29) is 17.3 Å². The molecule has 124 valence electrons. The van der Waals surface area contributed by atoms with Gasteiger partial charge in [-0.2, -0.15) is 4.98 Å². The van der Waals surface area contributed by atoms with Gasteiger partial charge in [-0.15, -0.1) is 0 Å². The highest BCUT2D eigenvalue weighted by molar-refractivity contribution is 6.28. The normalized spacial score (nSPS) is 17.4. The third-order valence-electron chi connectivity index (χ3n) is 3.89. The molecule has 2 aromatic heterocycles. The number of nitrogens with one attached hydrogen (secondary N) is 1. The average Bonchev–Trinajstić information content (AvgIpc) is 3.05. The predicted molar refractivity (Wildman–Crippen MR) is 84.4 cm³/mol. The molecule has 0 amide bonds. The van der Waals surface area contributed by atoms with E-state index in [2.05, 4.69) is 25.4 Å². The summed E-state index contributed by atoms with van der Waals surface area (Å²) < 4.78 is 11.5. The molecule has 0 bridgehead atoms. The monoisotopic (exact) mass is 337 g/mol. The molecule has 1 unspecified atom stereocenters. The molecular formula is C15H20ClN5O2. The molecule has 1 saturated heterocycles. The second-order valence-corrected chi connectivity index (χ2v) is 6.30. The van der Waals surface area contributed by atoms with Crippen LogP contribution in [0, 0.1) is 5.92 Å². The summed E-state index contributed by atoms with van der Waals surface area (Å²) in [6.45, 7) is 5.96. The molecule has 23 heavy (non-hydrogen) atoms. The van der Waals surface area contributed by atoms with E-state index in [0.29, 0.717) is 23.4 Å². The summed E-state index contributed by atoms with van der Waals surface area (Å²) in [5.74, 6) is 2.25. The molecular weight excluding hydrogens is 318 g/mol. The number of hydrogen-bond donors (Lipinski definition) is 1. The minimum Gasteiger partial charge on any atom is -0.477 e. The van der Waals surface area contributed by atoms with Crippen LogP contribution >= 0.6 is 11.6 Å². The van der Waals surface area contributed by atoms with Crippen molar-refractivity contribution in [3.63, 3.8) is 0 Å². The Hall–Kier alpha value is -1.73. The number of aromatic nitrogens is 4. The number of halogens is 1. The quantitative estimate of drug-likeness (QED) is 0.839. The molecule has 1 aliphatic rings. The van der Waals surface area contributed by atoms with Gasteiger partial charge in [0.15, 0.2) is 17.7 Å². The van der Waals surface area contributed by atoms with E-state index in [4.69, 9.17) is 20.9 Å². The van der Waals surface area contributed by atoms with E-state index in [0.717, 1.165) is 25.9 Å². The Morgan fingerprint density at radius 3 is 2.57 bits per heavy atom. The Morgan fingerprint density at radius 2 is 1.96 bits per heavy atom. The van der Waals surface area contributed by atoms with Gasteiger partial charge in [0.05, 0.1) is 12.4 Å². The zero-order chi connectivity index (χ0) is 16.2. The zero-order valence-electron chi connectivity index (χ0n) is 13.2. The summed E-state index contributed by atoms with van der Waals surface area (Å²) in [5.41, 5.74) is 0. The van der Waals surface area contributed by atoms with Crippen molar-refractivity contribution in [3.8, 4) is 5.75 Å². The molecule has 1 N–H and O–H groups in total. The lowest BCUT2D eigenvalue weighted by Crippen LogP contribution is -2.33.